The van der Waals surface area contributed by atoms with Crippen molar-refractivity contribution in [2.75, 3.05) is 13.2 Å². The van der Waals surface area contributed by atoms with Gasteiger partial charge < -0.3 is 14.2 Å². The Bertz CT molecular complexity index is 845. The molecule has 0 radical (unpaired) electrons. The van der Waals surface area contributed by atoms with E-state index in [4.69, 9.17) is 9.84 Å². The molecular weight excluding hydrogens is 284 g/mol. The molecule has 112 valence electrons. The number of hydrogen-bond donors (Lipinski definition) is 1. The molecule has 1 fully saturated rings. The van der Waals surface area contributed by atoms with E-state index in [2.05, 4.69) is 10.1 Å². The minimum atomic E-state index is -1.03. The van der Waals surface area contributed by atoms with E-state index in [9.17, 15) is 4.79 Å². The van der Waals surface area contributed by atoms with Crippen LogP contribution in [0, 0.1) is 0 Å². The average molecular weight is 298 g/mol. The number of imidazole rings is 1. The Balaban J connectivity index is 1.69. The summed E-state index contributed by atoms with van der Waals surface area (Å²) in [6, 6.07) is 4.02. The molecule has 0 aliphatic carbocycles. The number of carboxylic acids is 1. The predicted molar refractivity (Wildman–Crippen MR) is 77.8 cm³/mol. The third-order valence-corrected chi connectivity index (χ3v) is 3.88. The lowest BCUT2D eigenvalue weighted by Gasteiger charge is -2.06. The number of ether oxygens (including phenoxy) is 1. The molecule has 7 nitrogen and oxygen atoms in total. The third-order valence-electron chi connectivity index (χ3n) is 3.88. The second kappa shape index (κ2) is 4.96. The maximum absolute atomic E-state index is 11.0. The molecule has 0 saturated carbocycles. The summed E-state index contributed by atoms with van der Waals surface area (Å²) in [5.41, 5.74) is 2.60. The van der Waals surface area contributed by atoms with Crippen molar-refractivity contribution < 1.29 is 14.6 Å². The van der Waals surface area contributed by atoms with Crippen molar-refractivity contribution in [1.29, 1.82) is 0 Å². The van der Waals surface area contributed by atoms with Crippen molar-refractivity contribution in [3.05, 3.63) is 42.6 Å². The van der Waals surface area contributed by atoms with Crippen LogP contribution in [0.3, 0.4) is 0 Å². The van der Waals surface area contributed by atoms with Crippen molar-refractivity contribution in [2.45, 2.75) is 12.5 Å². The fourth-order valence-electron chi connectivity index (χ4n) is 2.68. The minimum absolute atomic E-state index is 0.0379. The molecule has 3 aromatic heterocycles. The lowest BCUT2D eigenvalue weighted by atomic mass is 10.1. The van der Waals surface area contributed by atoms with Crippen LogP contribution >= 0.6 is 0 Å². The highest BCUT2D eigenvalue weighted by Crippen LogP contribution is 2.24. The first-order valence-electron chi connectivity index (χ1n) is 7.05. The zero-order valence-electron chi connectivity index (χ0n) is 11.7. The first-order chi connectivity index (χ1) is 10.7. The first kappa shape index (κ1) is 13.0. The number of carboxylic acid groups (broad SMARTS) is 1. The highest BCUT2D eigenvalue weighted by molar-refractivity contribution is 5.86. The summed E-state index contributed by atoms with van der Waals surface area (Å²) in [5.74, 6) is -1.03. The number of aromatic nitrogens is 4. The molecule has 3 aromatic rings. The van der Waals surface area contributed by atoms with E-state index in [1.165, 1.54) is 6.20 Å². The summed E-state index contributed by atoms with van der Waals surface area (Å²) in [4.78, 5) is 15.0. The van der Waals surface area contributed by atoms with E-state index in [1.54, 1.807) is 10.5 Å². The molecule has 0 amide bonds. The molecule has 22 heavy (non-hydrogen) atoms. The number of carbonyl (C=O) groups is 1. The molecule has 0 bridgehead atoms. The lowest BCUT2D eigenvalue weighted by molar-refractivity contribution is 0.0691. The SMILES string of the molecule is O=C(O)c1cn2cc(-c3cnn([C@@H]4CCOC4)c3)ccc2n1. The topological polar surface area (TPSA) is 81.6 Å². The van der Waals surface area contributed by atoms with Gasteiger partial charge in [0.25, 0.3) is 0 Å². The Labute approximate surface area is 125 Å². The number of rotatable bonds is 3. The molecule has 4 heterocycles. The first-order valence-corrected chi connectivity index (χ1v) is 7.05. The minimum Gasteiger partial charge on any atom is -0.476 e. The number of nitrogens with zero attached hydrogens (tertiary/aromatic N) is 4. The Kier molecular flexibility index (Phi) is 2.93. The molecule has 1 aliphatic heterocycles. The van der Waals surface area contributed by atoms with Gasteiger partial charge in [-0.05, 0) is 18.6 Å². The zero-order chi connectivity index (χ0) is 15.1. The van der Waals surface area contributed by atoms with Gasteiger partial charge in [-0.25, -0.2) is 9.78 Å². The summed E-state index contributed by atoms with van der Waals surface area (Å²) in [6.07, 6.45) is 8.16. The van der Waals surface area contributed by atoms with Crippen LogP contribution in [0.25, 0.3) is 16.8 Å². The van der Waals surface area contributed by atoms with Gasteiger partial charge >= 0.3 is 5.97 Å². The largest absolute Gasteiger partial charge is 0.476 e. The van der Waals surface area contributed by atoms with Gasteiger partial charge in [-0.2, -0.15) is 5.10 Å². The monoisotopic (exact) mass is 298 g/mol. The Morgan fingerprint density at radius 1 is 1.27 bits per heavy atom. The van der Waals surface area contributed by atoms with Crippen molar-refractivity contribution in [2.24, 2.45) is 0 Å². The van der Waals surface area contributed by atoms with E-state index < -0.39 is 5.97 Å². The van der Waals surface area contributed by atoms with E-state index in [-0.39, 0.29) is 5.69 Å². The van der Waals surface area contributed by atoms with E-state index >= 15 is 0 Å². The fourth-order valence-corrected chi connectivity index (χ4v) is 2.68. The zero-order valence-corrected chi connectivity index (χ0v) is 11.7. The highest BCUT2D eigenvalue weighted by atomic mass is 16.5. The molecular formula is C15H14N4O3. The summed E-state index contributed by atoms with van der Waals surface area (Å²) in [5, 5.41) is 13.4. The van der Waals surface area contributed by atoms with E-state index in [1.807, 2.05) is 29.3 Å². The average Bonchev–Trinajstić information content (AvgIpc) is 3.24. The Morgan fingerprint density at radius 3 is 2.95 bits per heavy atom. The molecule has 0 spiro atoms. The van der Waals surface area contributed by atoms with Gasteiger partial charge in [0.05, 0.1) is 18.8 Å². The number of fused-ring (bicyclic) bond motifs is 1. The van der Waals surface area contributed by atoms with Crippen LogP contribution in [0.2, 0.25) is 0 Å². The van der Waals surface area contributed by atoms with Crippen LogP contribution in [0.4, 0.5) is 0 Å². The van der Waals surface area contributed by atoms with Crippen LogP contribution in [-0.4, -0.2) is 43.5 Å². The molecule has 1 N–H and O–H groups in total. The van der Waals surface area contributed by atoms with Gasteiger partial charge in [0.2, 0.25) is 0 Å². The summed E-state index contributed by atoms with van der Waals surface area (Å²) >= 11 is 0. The molecule has 0 aromatic carbocycles. The number of pyridine rings is 1. The molecule has 4 rings (SSSR count). The van der Waals surface area contributed by atoms with Gasteiger partial charge in [0, 0.05) is 36.3 Å². The quantitative estimate of drug-likeness (QED) is 0.798. The second-order valence-electron chi connectivity index (χ2n) is 5.34. The summed E-state index contributed by atoms with van der Waals surface area (Å²) < 4.78 is 9.03. The Morgan fingerprint density at radius 2 is 2.18 bits per heavy atom. The number of hydrogen-bond acceptors (Lipinski definition) is 4. The second-order valence-corrected chi connectivity index (χ2v) is 5.34. The maximum Gasteiger partial charge on any atom is 0.356 e. The molecule has 7 heteroatoms. The van der Waals surface area contributed by atoms with Crippen LogP contribution in [-0.2, 0) is 4.74 Å². The van der Waals surface area contributed by atoms with Crippen molar-refractivity contribution >= 4 is 11.6 Å². The number of aromatic carboxylic acids is 1. The molecule has 1 aliphatic rings. The predicted octanol–water partition coefficient (Wildman–Crippen LogP) is 1.86. The van der Waals surface area contributed by atoms with E-state index in [0.717, 1.165) is 24.2 Å². The normalized spacial score (nSPS) is 18.1. The third kappa shape index (κ3) is 2.15. The smallest absolute Gasteiger partial charge is 0.356 e. The standard InChI is InChI=1S/C15H14N4O3/c20-15(21)13-8-18-6-10(1-2-14(18)17-13)11-5-16-19(7-11)12-3-4-22-9-12/h1-2,5-8,12H,3-4,9H2,(H,20,21)/t12-/m1/s1. The van der Waals surface area contributed by atoms with Crippen molar-refractivity contribution in [1.82, 2.24) is 19.2 Å². The van der Waals surface area contributed by atoms with Crippen LogP contribution in [0.5, 0.6) is 0 Å². The van der Waals surface area contributed by atoms with Gasteiger partial charge in [0.1, 0.15) is 5.65 Å². The van der Waals surface area contributed by atoms with E-state index in [0.29, 0.717) is 18.3 Å². The van der Waals surface area contributed by atoms with Gasteiger partial charge in [0.15, 0.2) is 5.69 Å². The fraction of sp³-hybridized carbons (Fsp3) is 0.267. The van der Waals surface area contributed by atoms with Crippen molar-refractivity contribution in [3.8, 4) is 11.1 Å². The molecule has 1 saturated heterocycles. The van der Waals surface area contributed by atoms with Crippen molar-refractivity contribution in [3.63, 3.8) is 0 Å². The van der Waals surface area contributed by atoms with Gasteiger partial charge in [-0.15, -0.1) is 0 Å². The van der Waals surface area contributed by atoms with Gasteiger partial charge in [-0.1, -0.05) is 0 Å². The summed E-state index contributed by atoms with van der Waals surface area (Å²) in [7, 11) is 0. The molecule has 1 atom stereocenters. The van der Waals surface area contributed by atoms with Crippen LogP contribution < -0.4 is 0 Å². The summed E-state index contributed by atoms with van der Waals surface area (Å²) in [6.45, 7) is 1.47. The highest BCUT2D eigenvalue weighted by Gasteiger charge is 2.18. The van der Waals surface area contributed by atoms with Gasteiger partial charge in [-0.3, -0.25) is 4.68 Å². The van der Waals surface area contributed by atoms with Crippen LogP contribution in [0.1, 0.15) is 23.0 Å². The molecule has 0 unspecified atom stereocenters. The Hall–Kier alpha value is -2.67. The van der Waals surface area contributed by atoms with Crippen LogP contribution in [0.15, 0.2) is 36.9 Å². The lowest BCUT2D eigenvalue weighted by Crippen LogP contribution is -2.08. The maximum atomic E-state index is 11.0.